The second-order valence-corrected chi connectivity index (χ2v) is 7.82. The summed E-state index contributed by atoms with van der Waals surface area (Å²) in [6.45, 7) is 1.94. The van der Waals surface area contributed by atoms with Gasteiger partial charge in [0.1, 0.15) is 0 Å². The van der Waals surface area contributed by atoms with E-state index in [-0.39, 0.29) is 11.9 Å². The zero-order chi connectivity index (χ0) is 17.3. The van der Waals surface area contributed by atoms with Crippen LogP contribution in [0.5, 0.6) is 0 Å². The molecule has 24 heavy (non-hydrogen) atoms. The summed E-state index contributed by atoms with van der Waals surface area (Å²) in [5, 5.41) is 8.65. The molecule has 4 nitrogen and oxygen atoms in total. The highest BCUT2D eigenvalue weighted by molar-refractivity contribution is 8.18. The molecule has 1 aliphatic heterocycles. The van der Waals surface area contributed by atoms with Gasteiger partial charge in [0, 0.05) is 23.7 Å². The SMILES string of the molecule is C/C(=C1\SC(=N)N(C2CCCCC2)C1=O)N(C)c1ccccc1S. The van der Waals surface area contributed by atoms with E-state index in [0.717, 1.165) is 42.0 Å². The minimum absolute atomic E-state index is 0.0158. The Morgan fingerprint density at radius 3 is 2.62 bits per heavy atom. The van der Waals surface area contributed by atoms with Gasteiger partial charge in [-0.3, -0.25) is 15.1 Å². The maximum Gasteiger partial charge on any atom is 0.268 e. The third-order valence-corrected chi connectivity index (χ3v) is 6.29. The van der Waals surface area contributed by atoms with Crippen LogP contribution in [0.2, 0.25) is 0 Å². The molecule has 6 heteroatoms. The van der Waals surface area contributed by atoms with Crippen molar-refractivity contribution in [3.05, 3.63) is 34.9 Å². The van der Waals surface area contributed by atoms with Gasteiger partial charge in [-0.15, -0.1) is 12.6 Å². The van der Waals surface area contributed by atoms with Gasteiger partial charge in [0.15, 0.2) is 5.17 Å². The first-order chi connectivity index (χ1) is 11.5. The highest BCUT2D eigenvalue weighted by Crippen LogP contribution is 2.38. The van der Waals surface area contributed by atoms with Crippen molar-refractivity contribution >= 4 is 41.2 Å². The molecule has 128 valence electrons. The van der Waals surface area contributed by atoms with Crippen LogP contribution in [0.4, 0.5) is 5.69 Å². The van der Waals surface area contributed by atoms with Crippen molar-refractivity contribution in [1.82, 2.24) is 4.90 Å². The van der Waals surface area contributed by atoms with Crippen molar-refractivity contribution in [2.75, 3.05) is 11.9 Å². The number of hydrogen-bond acceptors (Lipinski definition) is 5. The summed E-state index contributed by atoms with van der Waals surface area (Å²) >= 11 is 5.79. The molecule has 0 unspecified atom stereocenters. The quantitative estimate of drug-likeness (QED) is 0.616. The number of anilines is 1. The number of rotatable bonds is 3. The Morgan fingerprint density at radius 1 is 1.29 bits per heavy atom. The van der Waals surface area contributed by atoms with Crippen LogP contribution in [0.3, 0.4) is 0 Å². The number of allylic oxidation sites excluding steroid dienone is 1. The largest absolute Gasteiger partial charge is 0.346 e. The van der Waals surface area contributed by atoms with Gasteiger partial charge in [-0.25, -0.2) is 0 Å². The van der Waals surface area contributed by atoms with E-state index in [4.69, 9.17) is 5.41 Å². The van der Waals surface area contributed by atoms with Crippen LogP contribution >= 0.6 is 24.4 Å². The topological polar surface area (TPSA) is 47.4 Å². The lowest BCUT2D eigenvalue weighted by Gasteiger charge is -2.30. The minimum Gasteiger partial charge on any atom is -0.346 e. The number of nitrogens with one attached hydrogen (secondary N) is 1. The van der Waals surface area contributed by atoms with Gasteiger partial charge < -0.3 is 4.90 Å². The molecule has 0 atom stereocenters. The van der Waals surface area contributed by atoms with Gasteiger partial charge in [0.25, 0.3) is 5.91 Å². The number of carbonyl (C=O) groups excluding carboxylic acids is 1. The summed E-state index contributed by atoms with van der Waals surface area (Å²) in [5.41, 5.74) is 1.83. The first-order valence-electron chi connectivity index (χ1n) is 8.33. The van der Waals surface area contributed by atoms with E-state index in [9.17, 15) is 4.79 Å². The van der Waals surface area contributed by atoms with Gasteiger partial charge in [-0.1, -0.05) is 31.4 Å². The number of amides is 1. The van der Waals surface area contributed by atoms with E-state index in [1.54, 1.807) is 4.90 Å². The summed E-state index contributed by atoms with van der Waals surface area (Å²) in [7, 11) is 1.94. The lowest BCUT2D eigenvalue weighted by atomic mass is 9.94. The summed E-state index contributed by atoms with van der Waals surface area (Å²) in [4.78, 5) is 18.2. The first-order valence-corrected chi connectivity index (χ1v) is 9.59. The molecule has 1 N–H and O–H groups in total. The van der Waals surface area contributed by atoms with Crippen LogP contribution in [-0.4, -0.2) is 29.1 Å². The number of benzene rings is 1. The second kappa shape index (κ2) is 7.23. The maximum absolute atomic E-state index is 12.9. The van der Waals surface area contributed by atoms with Crippen molar-refractivity contribution in [3.63, 3.8) is 0 Å². The summed E-state index contributed by atoms with van der Waals surface area (Å²) in [6.07, 6.45) is 5.56. The van der Waals surface area contributed by atoms with Crippen molar-refractivity contribution < 1.29 is 4.79 Å². The molecule has 0 bridgehead atoms. The number of amidine groups is 1. The van der Waals surface area contributed by atoms with E-state index in [1.807, 2.05) is 43.1 Å². The van der Waals surface area contributed by atoms with E-state index >= 15 is 0 Å². The molecule has 1 heterocycles. The van der Waals surface area contributed by atoms with Gasteiger partial charge in [0.05, 0.1) is 10.6 Å². The Balaban J connectivity index is 1.88. The van der Waals surface area contributed by atoms with Crippen molar-refractivity contribution in [3.8, 4) is 0 Å². The Morgan fingerprint density at radius 2 is 1.96 bits per heavy atom. The van der Waals surface area contributed by atoms with Crippen LogP contribution in [-0.2, 0) is 4.79 Å². The normalized spacial score (nSPS) is 21.4. The van der Waals surface area contributed by atoms with Crippen LogP contribution in [0.25, 0.3) is 0 Å². The number of thioether (sulfide) groups is 1. The van der Waals surface area contributed by atoms with Gasteiger partial charge in [-0.05, 0) is 43.7 Å². The summed E-state index contributed by atoms with van der Waals surface area (Å²) in [5.74, 6) is -0.0158. The lowest BCUT2D eigenvalue weighted by Crippen LogP contribution is -2.40. The van der Waals surface area contributed by atoms with E-state index in [2.05, 4.69) is 12.6 Å². The fourth-order valence-electron chi connectivity index (χ4n) is 3.37. The average molecular weight is 362 g/mol. The van der Waals surface area contributed by atoms with Crippen molar-refractivity contribution in [1.29, 1.82) is 5.41 Å². The molecule has 2 aliphatic rings. The Hall–Kier alpha value is -1.40. The molecular formula is C18H23N3OS2. The van der Waals surface area contributed by atoms with Crippen molar-refractivity contribution in [2.24, 2.45) is 0 Å². The van der Waals surface area contributed by atoms with Crippen LogP contribution < -0.4 is 4.90 Å². The summed E-state index contributed by atoms with van der Waals surface area (Å²) < 4.78 is 0. The van der Waals surface area contributed by atoms with Gasteiger partial charge in [-0.2, -0.15) is 0 Å². The lowest BCUT2D eigenvalue weighted by molar-refractivity contribution is -0.124. The van der Waals surface area contributed by atoms with E-state index in [1.165, 1.54) is 18.2 Å². The fourth-order valence-corrected chi connectivity index (χ4v) is 4.68. The third-order valence-electron chi connectivity index (χ3n) is 4.85. The fraction of sp³-hybridized carbons (Fsp3) is 0.444. The Labute approximate surface area is 153 Å². The van der Waals surface area contributed by atoms with E-state index < -0.39 is 0 Å². The zero-order valence-electron chi connectivity index (χ0n) is 14.1. The van der Waals surface area contributed by atoms with Gasteiger partial charge in [0.2, 0.25) is 0 Å². The standard InChI is InChI=1S/C18H23N3OS2/c1-12(20(2)14-10-6-7-11-15(14)23)16-17(22)21(18(19)24-16)13-8-4-3-5-9-13/h6-7,10-11,13,19,23H,3-5,8-9H2,1-2H3/b16-12+,19-18?. The molecule has 1 aromatic carbocycles. The van der Waals surface area contributed by atoms with Crippen LogP contribution in [0.1, 0.15) is 39.0 Å². The number of nitrogens with zero attached hydrogens (tertiary/aromatic N) is 2. The van der Waals surface area contributed by atoms with E-state index in [0.29, 0.717) is 10.1 Å². The minimum atomic E-state index is -0.0158. The van der Waals surface area contributed by atoms with Crippen LogP contribution in [0, 0.1) is 5.41 Å². The van der Waals surface area contributed by atoms with Crippen LogP contribution in [0.15, 0.2) is 39.8 Å². The molecule has 1 aromatic rings. The Bertz CT molecular complexity index is 695. The van der Waals surface area contributed by atoms with Crippen molar-refractivity contribution in [2.45, 2.75) is 50.0 Å². The Kier molecular flexibility index (Phi) is 5.25. The highest BCUT2D eigenvalue weighted by atomic mass is 32.2. The molecule has 0 spiro atoms. The second-order valence-electron chi connectivity index (χ2n) is 6.34. The predicted octanol–water partition coefficient (Wildman–Crippen LogP) is 4.49. The molecule has 1 saturated carbocycles. The average Bonchev–Trinajstić information content (AvgIpc) is 2.89. The third kappa shape index (κ3) is 3.22. The molecule has 1 amide bonds. The maximum atomic E-state index is 12.9. The number of hydrogen-bond donors (Lipinski definition) is 2. The molecule has 2 fully saturated rings. The molecule has 3 rings (SSSR count). The number of para-hydroxylation sites is 1. The van der Waals surface area contributed by atoms with Gasteiger partial charge >= 0.3 is 0 Å². The number of carbonyl (C=O) groups is 1. The molecule has 0 aromatic heterocycles. The molecule has 0 radical (unpaired) electrons. The number of thiol groups is 1. The molecule has 1 saturated heterocycles. The predicted molar refractivity (Wildman–Crippen MR) is 104 cm³/mol. The molecule has 1 aliphatic carbocycles. The smallest absolute Gasteiger partial charge is 0.268 e. The first kappa shape index (κ1) is 17.4. The molecular weight excluding hydrogens is 338 g/mol. The monoisotopic (exact) mass is 361 g/mol. The zero-order valence-corrected chi connectivity index (χ0v) is 15.8. The summed E-state index contributed by atoms with van der Waals surface area (Å²) in [6, 6.07) is 8.02. The highest BCUT2D eigenvalue weighted by Gasteiger charge is 2.39.